The van der Waals surface area contributed by atoms with Crippen LogP contribution in [0, 0.1) is 0 Å². The minimum atomic E-state index is -0.392. The Morgan fingerprint density at radius 3 is 2.58 bits per heavy atom. The Morgan fingerprint density at radius 2 is 1.85 bits per heavy atom. The van der Waals surface area contributed by atoms with Gasteiger partial charge in [0.05, 0.1) is 17.4 Å². The van der Waals surface area contributed by atoms with Crippen LogP contribution < -0.4 is 0 Å². The summed E-state index contributed by atoms with van der Waals surface area (Å²) in [6, 6.07) is 17.0. The molecule has 0 spiro atoms. The molecular formula is C26H29N5O2. The number of fused-ring (bicyclic) bond motifs is 1. The first-order valence-corrected chi connectivity index (χ1v) is 11.4. The smallest absolute Gasteiger partial charge is 0.251 e. The van der Waals surface area contributed by atoms with Gasteiger partial charge in [-0.3, -0.25) is 9.48 Å². The number of hydrogen-bond acceptors (Lipinski definition) is 4. The van der Waals surface area contributed by atoms with Gasteiger partial charge in [0.15, 0.2) is 0 Å². The quantitative estimate of drug-likeness (QED) is 0.461. The van der Waals surface area contributed by atoms with Crippen molar-refractivity contribution in [2.24, 2.45) is 7.05 Å². The van der Waals surface area contributed by atoms with Crippen molar-refractivity contribution in [1.82, 2.24) is 24.2 Å². The van der Waals surface area contributed by atoms with Gasteiger partial charge in [0.25, 0.3) is 5.91 Å². The molecule has 1 aliphatic rings. The SMILES string of the molecule is CO[C@@H](C)C(=O)N1CCC(n2cnc3ccc(-c4cn(C)nc4-c4ccccc4)cc32)CC1. The highest BCUT2D eigenvalue weighted by Crippen LogP contribution is 2.34. The first-order chi connectivity index (χ1) is 16.0. The summed E-state index contributed by atoms with van der Waals surface area (Å²) in [5.41, 5.74) is 6.40. The van der Waals surface area contributed by atoms with Crippen molar-refractivity contribution in [2.45, 2.75) is 31.9 Å². The van der Waals surface area contributed by atoms with Crippen LogP contribution in [-0.4, -0.2) is 56.4 Å². The van der Waals surface area contributed by atoms with E-state index in [1.54, 1.807) is 7.11 Å². The molecule has 0 bridgehead atoms. The van der Waals surface area contributed by atoms with Crippen molar-refractivity contribution in [2.75, 3.05) is 20.2 Å². The van der Waals surface area contributed by atoms with Gasteiger partial charge in [0.1, 0.15) is 11.8 Å². The van der Waals surface area contributed by atoms with Gasteiger partial charge in [-0.05, 0) is 37.5 Å². The lowest BCUT2D eigenvalue weighted by Gasteiger charge is -2.34. The minimum Gasteiger partial charge on any atom is -0.372 e. The van der Waals surface area contributed by atoms with Crippen molar-refractivity contribution in [3.8, 4) is 22.4 Å². The molecule has 3 heterocycles. The highest BCUT2D eigenvalue weighted by atomic mass is 16.5. The molecule has 1 saturated heterocycles. The highest BCUT2D eigenvalue weighted by molar-refractivity contribution is 5.87. The Labute approximate surface area is 193 Å². The zero-order valence-corrected chi connectivity index (χ0v) is 19.3. The number of carbonyl (C=O) groups excluding carboxylic acids is 1. The van der Waals surface area contributed by atoms with E-state index in [1.807, 2.05) is 48.1 Å². The Bertz CT molecular complexity index is 1270. The lowest BCUT2D eigenvalue weighted by molar-refractivity contribution is -0.142. The lowest BCUT2D eigenvalue weighted by atomic mass is 10.0. The molecule has 0 N–H and O–H groups in total. The summed E-state index contributed by atoms with van der Waals surface area (Å²) in [6.07, 6.45) is 5.43. The zero-order valence-electron chi connectivity index (χ0n) is 19.3. The number of amides is 1. The largest absolute Gasteiger partial charge is 0.372 e. The minimum absolute atomic E-state index is 0.0683. The molecule has 2 aromatic carbocycles. The average molecular weight is 444 g/mol. The third-order valence-electron chi connectivity index (χ3n) is 6.63. The van der Waals surface area contributed by atoms with Gasteiger partial charge < -0.3 is 14.2 Å². The van der Waals surface area contributed by atoms with Crippen LogP contribution in [0.3, 0.4) is 0 Å². The number of imidazole rings is 1. The van der Waals surface area contributed by atoms with E-state index >= 15 is 0 Å². The number of rotatable bonds is 5. The van der Waals surface area contributed by atoms with Crippen molar-refractivity contribution in [3.63, 3.8) is 0 Å². The molecular weight excluding hydrogens is 414 g/mol. The fourth-order valence-electron chi connectivity index (χ4n) is 4.72. The van der Waals surface area contributed by atoms with Gasteiger partial charge in [-0.25, -0.2) is 4.98 Å². The number of aryl methyl sites for hydroxylation is 1. The molecule has 1 amide bonds. The van der Waals surface area contributed by atoms with E-state index in [-0.39, 0.29) is 5.91 Å². The Kier molecular flexibility index (Phi) is 5.72. The number of likely N-dealkylation sites (tertiary alicyclic amines) is 1. The molecule has 2 aromatic heterocycles. The molecule has 0 aliphatic carbocycles. The van der Waals surface area contributed by atoms with Gasteiger partial charge in [0.2, 0.25) is 0 Å². The monoisotopic (exact) mass is 443 g/mol. The third kappa shape index (κ3) is 4.04. The second-order valence-electron chi connectivity index (χ2n) is 8.72. The van der Waals surface area contributed by atoms with Crippen LogP contribution >= 0.6 is 0 Å². The summed E-state index contributed by atoms with van der Waals surface area (Å²) in [7, 11) is 3.54. The maximum Gasteiger partial charge on any atom is 0.251 e. The number of methoxy groups -OCH3 is 1. The molecule has 4 aromatic rings. The second-order valence-corrected chi connectivity index (χ2v) is 8.72. The fraction of sp³-hybridized carbons (Fsp3) is 0.346. The van der Waals surface area contributed by atoms with E-state index in [0.29, 0.717) is 6.04 Å². The molecule has 33 heavy (non-hydrogen) atoms. The number of ether oxygens (including phenoxy) is 1. The van der Waals surface area contributed by atoms with Crippen LogP contribution in [0.5, 0.6) is 0 Å². The van der Waals surface area contributed by atoms with Crippen LogP contribution in [0.4, 0.5) is 0 Å². The Balaban J connectivity index is 1.44. The van der Waals surface area contributed by atoms with Crippen molar-refractivity contribution in [1.29, 1.82) is 0 Å². The zero-order chi connectivity index (χ0) is 22.9. The molecule has 170 valence electrons. The van der Waals surface area contributed by atoms with E-state index in [4.69, 9.17) is 9.84 Å². The first kappa shape index (κ1) is 21.4. The maximum absolute atomic E-state index is 12.5. The van der Waals surface area contributed by atoms with Crippen LogP contribution in [-0.2, 0) is 16.6 Å². The van der Waals surface area contributed by atoms with Gasteiger partial charge in [-0.1, -0.05) is 36.4 Å². The average Bonchev–Trinajstić information content (AvgIpc) is 3.47. The van der Waals surface area contributed by atoms with Crippen LogP contribution in [0.1, 0.15) is 25.8 Å². The summed E-state index contributed by atoms with van der Waals surface area (Å²) >= 11 is 0. The Morgan fingerprint density at radius 1 is 1.09 bits per heavy atom. The van der Waals surface area contributed by atoms with Crippen molar-refractivity contribution < 1.29 is 9.53 Å². The molecule has 1 atom stereocenters. The fourth-order valence-corrected chi connectivity index (χ4v) is 4.72. The van der Waals surface area contributed by atoms with Crippen LogP contribution in [0.2, 0.25) is 0 Å². The van der Waals surface area contributed by atoms with Crippen LogP contribution in [0.15, 0.2) is 61.1 Å². The predicted octanol–water partition coefficient (Wildman–Crippen LogP) is 4.30. The van der Waals surface area contributed by atoms with Gasteiger partial charge in [-0.2, -0.15) is 5.10 Å². The molecule has 0 saturated carbocycles. The lowest BCUT2D eigenvalue weighted by Crippen LogP contribution is -2.43. The number of hydrogen-bond donors (Lipinski definition) is 0. The van der Waals surface area contributed by atoms with Gasteiger partial charge in [0, 0.05) is 50.6 Å². The topological polar surface area (TPSA) is 65.2 Å². The molecule has 1 fully saturated rings. The molecule has 7 nitrogen and oxygen atoms in total. The molecule has 5 rings (SSSR count). The van der Waals surface area contributed by atoms with Crippen LogP contribution in [0.25, 0.3) is 33.4 Å². The molecule has 1 aliphatic heterocycles. The maximum atomic E-state index is 12.5. The van der Waals surface area contributed by atoms with E-state index in [0.717, 1.165) is 59.3 Å². The number of carbonyl (C=O) groups is 1. The van der Waals surface area contributed by atoms with Crippen molar-refractivity contribution >= 4 is 16.9 Å². The number of aromatic nitrogens is 4. The summed E-state index contributed by atoms with van der Waals surface area (Å²) in [5, 5.41) is 4.73. The predicted molar refractivity (Wildman–Crippen MR) is 129 cm³/mol. The number of benzene rings is 2. The molecule has 7 heteroatoms. The van der Waals surface area contributed by atoms with Crippen molar-refractivity contribution in [3.05, 3.63) is 61.1 Å². The third-order valence-corrected chi connectivity index (χ3v) is 6.63. The summed E-state index contributed by atoms with van der Waals surface area (Å²) in [5.74, 6) is 0.0683. The normalized spacial score (nSPS) is 15.8. The van der Waals surface area contributed by atoms with Gasteiger partial charge in [-0.15, -0.1) is 0 Å². The summed E-state index contributed by atoms with van der Waals surface area (Å²) < 4.78 is 9.35. The summed E-state index contributed by atoms with van der Waals surface area (Å²) in [4.78, 5) is 19.0. The van der Waals surface area contributed by atoms with E-state index in [9.17, 15) is 4.79 Å². The number of nitrogens with zero attached hydrogens (tertiary/aromatic N) is 5. The standard InChI is InChI=1S/C26H29N5O2/c1-18(33-3)26(32)30-13-11-21(12-14-30)31-17-27-23-10-9-20(15-24(23)31)22-16-29(2)28-25(22)19-7-5-4-6-8-19/h4-10,15-18,21H,11-14H2,1-3H3/t18-/m0/s1. The molecule has 0 radical (unpaired) electrons. The molecule has 0 unspecified atom stereocenters. The van der Waals surface area contributed by atoms with E-state index < -0.39 is 6.10 Å². The number of piperidine rings is 1. The first-order valence-electron chi connectivity index (χ1n) is 11.4. The highest BCUT2D eigenvalue weighted by Gasteiger charge is 2.27. The van der Waals surface area contributed by atoms with Gasteiger partial charge >= 0.3 is 0 Å². The van der Waals surface area contributed by atoms with E-state index in [1.165, 1.54) is 0 Å². The summed E-state index contributed by atoms with van der Waals surface area (Å²) in [6.45, 7) is 3.27. The Hall–Kier alpha value is -3.45. The van der Waals surface area contributed by atoms with E-state index in [2.05, 4.69) is 46.1 Å². The second kappa shape index (κ2) is 8.83.